The Bertz CT molecular complexity index is 1050. The van der Waals surface area contributed by atoms with Gasteiger partial charge in [0.1, 0.15) is 6.54 Å². The van der Waals surface area contributed by atoms with Crippen LogP contribution in [0.1, 0.15) is 6.55 Å². The minimum Gasteiger partial charge on any atom is -0.292 e. The largest absolute Gasteiger partial charge is 0.333 e. The van der Waals surface area contributed by atoms with Crippen LogP contribution >= 0.6 is 0 Å². The van der Waals surface area contributed by atoms with E-state index in [-0.39, 0.29) is 18.4 Å². The molecule has 0 aliphatic heterocycles. The van der Waals surface area contributed by atoms with Gasteiger partial charge in [0.2, 0.25) is 11.9 Å². The zero-order chi connectivity index (χ0) is 18.1. The van der Waals surface area contributed by atoms with Crippen molar-refractivity contribution in [3.05, 3.63) is 49.2 Å². The molecule has 0 unspecified atom stereocenters. The Kier molecular flexibility index (Phi) is 3.88. The van der Waals surface area contributed by atoms with Crippen molar-refractivity contribution in [1.29, 1.82) is 0 Å². The molecule has 0 saturated heterocycles. The lowest BCUT2D eigenvalue weighted by Crippen LogP contribution is -2.19. The molecule has 0 saturated carbocycles. The summed E-state index contributed by atoms with van der Waals surface area (Å²) in [6.07, 6.45) is 7.46. The van der Waals surface area contributed by atoms with Crippen LogP contribution in [0.4, 0.5) is 14.7 Å². The van der Waals surface area contributed by atoms with Crippen LogP contribution in [0.3, 0.4) is 0 Å². The number of pyridine rings is 1. The minimum absolute atomic E-state index is 0.0423. The topological polar surface area (TPSA) is 94.9 Å². The number of carbonyl (C=O) groups is 1. The van der Waals surface area contributed by atoms with Crippen molar-refractivity contribution in [2.24, 2.45) is 0 Å². The minimum atomic E-state index is -2.70. The van der Waals surface area contributed by atoms with Crippen LogP contribution in [0.5, 0.6) is 0 Å². The van der Waals surface area contributed by atoms with E-state index in [1.807, 2.05) is 0 Å². The van der Waals surface area contributed by atoms with Gasteiger partial charge < -0.3 is 0 Å². The summed E-state index contributed by atoms with van der Waals surface area (Å²) in [4.78, 5) is 16.2. The number of hydrogen-bond donors (Lipinski definition) is 1. The van der Waals surface area contributed by atoms with Gasteiger partial charge in [0, 0.05) is 35.9 Å². The smallest absolute Gasteiger partial charge is 0.292 e. The van der Waals surface area contributed by atoms with E-state index < -0.39 is 6.55 Å². The van der Waals surface area contributed by atoms with Gasteiger partial charge in [-0.05, 0) is 18.2 Å². The Labute approximate surface area is 144 Å². The molecule has 4 rings (SSSR count). The molecule has 0 aliphatic carbocycles. The molecular formula is C15H12F2N8O. The fourth-order valence-corrected chi connectivity index (χ4v) is 2.41. The van der Waals surface area contributed by atoms with Crippen molar-refractivity contribution in [3.63, 3.8) is 0 Å². The fourth-order valence-electron chi connectivity index (χ4n) is 2.41. The van der Waals surface area contributed by atoms with Crippen LogP contribution in [0.15, 0.2) is 49.2 Å². The summed E-state index contributed by atoms with van der Waals surface area (Å²) in [5, 5.41) is 14.3. The summed E-state index contributed by atoms with van der Waals surface area (Å²) in [6, 6.07) is 5.10. The van der Waals surface area contributed by atoms with E-state index in [1.54, 1.807) is 36.8 Å². The first kappa shape index (κ1) is 15.9. The van der Waals surface area contributed by atoms with E-state index in [1.165, 1.54) is 21.6 Å². The number of hydrogen-bond acceptors (Lipinski definition) is 5. The predicted octanol–water partition coefficient (Wildman–Crippen LogP) is 1.82. The number of nitrogens with zero attached hydrogens (tertiary/aromatic N) is 7. The average Bonchev–Trinajstić information content (AvgIpc) is 3.34. The van der Waals surface area contributed by atoms with Crippen molar-refractivity contribution in [2.45, 2.75) is 13.1 Å². The van der Waals surface area contributed by atoms with Crippen LogP contribution < -0.4 is 5.32 Å². The Morgan fingerprint density at radius 3 is 2.81 bits per heavy atom. The van der Waals surface area contributed by atoms with E-state index in [0.29, 0.717) is 21.5 Å². The molecule has 0 aromatic carbocycles. The highest BCUT2D eigenvalue weighted by Gasteiger charge is 2.12. The SMILES string of the molecule is O=C(Cn1cccn1)Nc1nc2ccc(-c3cnn(C(F)F)c3)cn2n1. The molecule has 0 bridgehead atoms. The average molecular weight is 358 g/mol. The second kappa shape index (κ2) is 6.35. The van der Waals surface area contributed by atoms with E-state index in [4.69, 9.17) is 0 Å². The van der Waals surface area contributed by atoms with Gasteiger partial charge in [-0.3, -0.25) is 14.8 Å². The molecule has 0 atom stereocenters. The predicted molar refractivity (Wildman–Crippen MR) is 86.3 cm³/mol. The molecule has 0 radical (unpaired) electrons. The molecule has 11 heteroatoms. The second-order valence-corrected chi connectivity index (χ2v) is 5.39. The summed E-state index contributed by atoms with van der Waals surface area (Å²) in [7, 11) is 0. The molecule has 9 nitrogen and oxygen atoms in total. The maximum Gasteiger partial charge on any atom is 0.333 e. The molecule has 132 valence electrons. The summed E-state index contributed by atoms with van der Waals surface area (Å²) < 4.78 is 28.8. The number of aromatic nitrogens is 7. The molecule has 0 aliphatic rings. The number of amides is 1. The molecular weight excluding hydrogens is 346 g/mol. The number of halogens is 2. The van der Waals surface area contributed by atoms with Crippen molar-refractivity contribution in [3.8, 4) is 11.1 Å². The first-order chi connectivity index (χ1) is 12.6. The molecule has 1 amide bonds. The van der Waals surface area contributed by atoms with E-state index in [0.717, 1.165) is 0 Å². The summed E-state index contributed by atoms with van der Waals surface area (Å²) in [5.41, 5.74) is 1.67. The number of anilines is 1. The third-order valence-electron chi connectivity index (χ3n) is 3.58. The molecule has 0 spiro atoms. The lowest BCUT2D eigenvalue weighted by molar-refractivity contribution is -0.116. The van der Waals surface area contributed by atoms with Crippen molar-refractivity contribution >= 4 is 17.5 Å². The first-order valence-corrected chi connectivity index (χ1v) is 7.55. The van der Waals surface area contributed by atoms with Gasteiger partial charge in [-0.25, -0.2) is 9.20 Å². The zero-order valence-electron chi connectivity index (χ0n) is 13.2. The van der Waals surface area contributed by atoms with Crippen molar-refractivity contribution < 1.29 is 13.6 Å². The molecule has 4 aromatic rings. The lowest BCUT2D eigenvalue weighted by Gasteiger charge is -2.00. The van der Waals surface area contributed by atoms with Gasteiger partial charge in [0.05, 0.1) is 6.20 Å². The second-order valence-electron chi connectivity index (χ2n) is 5.39. The van der Waals surface area contributed by atoms with Gasteiger partial charge in [-0.1, -0.05) is 0 Å². The quantitative estimate of drug-likeness (QED) is 0.587. The Morgan fingerprint density at radius 1 is 1.19 bits per heavy atom. The van der Waals surface area contributed by atoms with Gasteiger partial charge in [-0.2, -0.15) is 24.0 Å². The molecule has 0 fully saturated rings. The van der Waals surface area contributed by atoms with E-state index >= 15 is 0 Å². The monoisotopic (exact) mass is 358 g/mol. The van der Waals surface area contributed by atoms with Gasteiger partial charge in [0.25, 0.3) is 0 Å². The van der Waals surface area contributed by atoms with Crippen LogP contribution in [0.25, 0.3) is 16.8 Å². The third-order valence-corrected chi connectivity index (χ3v) is 3.58. The van der Waals surface area contributed by atoms with E-state index in [9.17, 15) is 13.6 Å². The standard InChI is InChI=1S/C15H12F2N8O/c16-14(17)25-8-11(6-19-25)10-2-3-12-20-15(22-24(12)7-10)21-13(26)9-23-5-1-4-18-23/h1-8,14H,9H2,(H,21,22,26). The van der Waals surface area contributed by atoms with Crippen molar-refractivity contribution in [2.75, 3.05) is 5.32 Å². The number of nitrogens with one attached hydrogen (secondary N) is 1. The van der Waals surface area contributed by atoms with E-state index in [2.05, 4.69) is 25.6 Å². The Balaban J connectivity index is 1.54. The molecule has 4 heterocycles. The fraction of sp³-hybridized carbons (Fsp3) is 0.133. The van der Waals surface area contributed by atoms with Crippen LogP contribution in [-0.4, -0.2) is 40.1 Å². The summed E-state index contributed by atoms with van der Waals surface area (Å²) in [5.74, 6) is -0.175. The number of alkyl halides is 2. The maximum atomic E-state index is 12.6. The third kappa shape index (κ3) is 3.14. The molecule has 26 heavy (non-hydrogen) atoms. The van der Waals surface area contributed by atoms with Gasteiger partial charge in [-0.15, -0.1) is 5.10 Å². The van der Waals surface area contributed by atoms with Gasteiger partial charge in [0.15, 0.2) is 5.65 Å². The van der Waals surface area contributed by atoms with Crippen LogP contribution in [0.2, 0.25) is 0 Å². The Morgan fingerprint density at radius 2 is 2.08 bits per heavy atom. The highest BCUT2D eigenvalue weighted by molar-refractivity contribution is 5.88. The van der Waals surface area contributed by atoms with Crippen LogP contribution in [0, 0.1) is 0 Å². The lowest BCUT2D eigenvalue weighted by atomic mass is 10.2. The highest BCUT2D eigenvalue weighted by Crippen LogP contribution is 2.21. The number of rotatable bonds is 5. The molecule has 1 N–H and O–H groups in total. The van der Waals surface area contributed by atoms with Crippen LogP contribution in [-0.2, 0) is 11.3 Å². The number of carbonyl (C=O) groups excluding carboxylic acids is 1. The first-order valence-electron chi connectivity index (χ1n) is 7.55. The highest BCUT2D eigenvalue weighted by atomic mass is 19.3. The van der Waals surface area contributed by atoms with Crippen molar-refractivity contribution in [1.82, 2.24) is 34.2 Å². The molecule has 4 aromatic heterocycles. The zero-order valence-corrected chi connectivity index (χ0v) is 13.2. The maximum absolute atomic E-state index is 12.6. The normalized spacial score (nSPS) is 11.3. The Hall–Kier alpha value is -3.63. The summed E-state index contributed by atoms with van der Waals surface area (Å²) in [6.45, 7) is -2.66. The van der Waals surface area contributed by atoms with Gasteiger partial charge >= 0.3 is 6.55 Å². The number of fused-ring (bicyclic) bond motifs is 1. The summed E-state index contributed by atoms with van der Waals surface area (Å²) >= 11 is 0.